The van der Waals surface area contributed by atoms with E-state index in [9.17, 15) is 49.5 Å². The lowest BCUT2D eigenvalue weighted by Crippen LogP contribution is -2.61. The van der Waals surface area contributed by atoms with Gasteiger partial charge in [0.25, 0.3) is 5.56 Å². The van der Waals surface area contributed by atoms with Crippen LogP contribution in [0, 0.1) is 5.82 Å². The number of benzene rings is 2. The molecule has 4 aliphatic rings. The van der Waals surface area contributed by atoms with Gasteiger partial charge >= 0.3 is 18.0 Å². The highest BCUT2D eigenvalue weighted by Crippen LogP contribution is 2.47. The fraction of sp³-hybridized carbons (Fsp3) is 0.442. The average Bonchev–Trinajstić information content (AvgIpc) is 3.66. The van der Waals surface area contributed by atoms with E-state index in [1.807, 2.05) is 0 Å². The van der Waals surface area contributed by atoms with E-state index in [-0.39, 0.29) is 90.1 Å². The van der Waals surface area contributed by atoms with Crippen molar-refractivity contribution in [3.05, 3.63) is 84.9 Å². The number of alkyl carbamates (subject to hydrolysis) is 1. The van der Waals surface area contributed by atoms with Gasteiger partial charge in [0.05, 0.1) is 65.6 Å². The molecule has 8 rings (SSSR count). The van der Waals surface area contributed by atoms with E-state index in [0.717, 1.165) is 6.07 Å². The van der Waals surface area contributed by atoms with Gasteiger partial charge < -0.3 is 74.9 Å². The van der Waals surface area contributed by atoms with Crippen LogP contribution in [0.15, 0.2) is 35.1 Å². The molecule has 0 spiro atoms. The molecule has 4 aromatic rings. The summed E-state index contributed by atoms with van der Waals surface area (Å²) in [6.45, 7) is 1.17. The number of nitrogens with zero attached hydrogens (tertiary/aromatic N) is 2. The smallest absolute Gasteiger partial charge is 0.407 e. The summed E-state index contributed by atoms with van der Waals surface area (Å²) in [5.41, 5.74) is 5.47. The summed E-state index contributed by atoms with van der Waals surface area (Å²) in [5, 5.41) is 57.7. The van der Waals surface area contributed by atoms with Crippen LogP contribution >= 0.6 is 11.6 Å². The number of anilines is 1. The summed E-state index contributed by atoms with van der Waals surface area (Å²) in [6, 6.07) is 6.00. The van der Waals surface area contributed by atoms with E-state index in [0.29, 0.717) is 40.8 Å². The molecule has 23 heteroatoms. The summed E-state index contributed by atoms with van der Waals surface area (Å²) in [5.74, 6) is -4.11. The number of rotatable bonds is 15. The number of carbonyl (C=O) groups is 4. The molecule has 0 radical (unpaired) electrons. The summed E-state index contributed by atoms with van der Waals surface area (Å²) in [6.07, 6.45) is -10.2. The van der Waals surface area contributed by atoms with Crippen LogP contribution < -0.4 is 26.7 Å². The Hall–Kier alpha value is -5.82. The van der Waals surface area contributed by atoms with E-state index in [1.54, 1.807) is 6.92 Å². The third kappa shape index (κ3) is 8.55. The lowest BCUT2D eigenvalue weighted by Gasteiger charge is -2.38. The predicted octanol–water partition coefficient (Wildman–Crippen LogP) is 0.987. The minimum absolute atomic E-state index is 0.0231. The number of nitrogens with two attached hydrogens (primary N) is 1. The Kier molecular flexibility index (Phi) is 13.3. The number of aryl methyl sites for hydroxylation is 1. The standard InChI is InChI=1S/C43H45ClFN5O16/c1-2-43(60)22-12-27-33-20(14-50(27)38(55)21(22)16-63-41(43)58)31-24(5-4-19-30(31)26(48-33)13-23(45)32(19)44)49-42(59)64-15-18-3-6-28(25(11-18)47-29(51)17-62-10-9-61-8-7-46)65-40-36(54)34(52)35(53)37(66-40)39(56)57/h3,6,11-13,24,34-37,40,52-54,60H,2,4-5,7-10,14-17,46H2,1H3,(H,47,51)(H,49,59)(H,56,57)/t24-,34-,35-,36+,37-,40+,43-/m0/s1. The maximum Gasteiger partial charge on any atom is 0.407 e. The summed E-state index contributed by atoms with van der Waals surface area (Å²) in [7, 11) is 0. The van der Waals surface area contributed by atoms with Crippen LogP contribution in [0.5, 0.6) is 5.75 Å². The predicted molar refractivity (Wildman–Crippen MR) is 225 cm³/mol. The van der Waals surface area contributed by atoms with Gasteiger partial charge in [-0.2, -0.15) is 0 Å². The molecule has 0 unspecified atom stereocenters. The Morgan fingerprint density at radius 1 is 1.05 bits per heavy atom. The Morgan fingerprint density at radius 2 is 1.82 bits per heavy atom. The molecule has 0 bridgehead atoms. The van der Waals surface area contributed by atoms with Crippen molar-refractivity contribution in [1.82, 2.24) is 14.9 Å². The molecule has 7 atom stereocenters. The number of ether oxygens (including phenoxy) is 6. The number of esters is 1. The Morgan fingerprint density at radius 3 is 2.56 bits per heavy atom. The van der Waals surface area contributed by atoms with Crippen LogP contribution in [0.2, 0.25) is 5.02 Å². The van der Waals surface area contributed by atoms with Gasteiger partial charge in [0, 0.05) is 29.1 Å². The number of aliphatic carboxylic acids is 1. The molecule has 66 heavy (non-hydrogen) atoms. The second-order valence-electron chi connectivity index (χ2n) is 16.0. The number of aromatic nitrogens is 2. The fourth-order valence-electron chi connectivity index (χ4n) is 8.63. The number of hydrogen-bond acceptors (Lipinski definition) is 17. The zero-order valence-electron chi connectivity index (χ0n) is 35.1. The largest absolute Gasteiger partial charge is 0.479 e. The van der Waals surface area contributed by atoms with Gasteiger partial charge in [-0.1, -0.05) is 24.6 Å². The van der Waals surface area contributed by atoms with E-state index < -0.39 is 90.9 Å². The summed E-state index contributed by atoms with van der Waals surface area (Å²) >= 11 is 6.50. The lowest BCUT2D eigenvalue weighted by molar-refractivity contribution is -0.271. The van der Waals surface area contributed by atoms with Crippen molar-refractivity contribution in [3.8, 4) is 17.1 Å². The second kappa shape index (κ2) is 18.8. The molecule has 1 aliphatic carbocycles. The van der Waals surface area contributed by atoms with Crippen molar-refractivity contribution in [2.75, 3.05) is 38.3 Å². The second-order valence-corrected chi connectivity index (χ2v) is 16.4. The quantitative estimate of drug-likeness (QED) is 0.0536. The number of hydrogen-bond donors (Lipinski definition) is 8. The van der Waals surface area contributed by atoms with Crippen LogP contribution in [-0.2, 0) is 69.8 Å². The number of pyridine rings is 2. The first-order chi connectivity index (χ1) is 31.6. The minimum Gasteiger partial charge on any atom is -0.479 e. The Bertz CT molecular complexity index is 2680. The van der Waals surface area contributed by atoms with Crippen molar-refractivity contribution in [3.63, 3.8) is 0 Å². The topological polar surface area (TPSA) is 310 Å². The third-order valence-electron chi connectivity index (χ3n) is 11.9. The first-order valence-electron chi connectivity index (χ1n) is 20.9. The number of nitrogens with one attached hydrogen (secondary N) is 2. The maximum atomic E-state index is 15.3. The number of amides is 2. The molecule has 2 amide bonds. The number of fused-ring (bicyclic) bond motifs is 5. The summed E-state index contributed by atoms with van der Waals surface area (Å²) in [4.78, 5) is 69.9. The number of cyclic esters (lactones) is 1. The normalized spacial score (nSPS) is 23.9. The molecule has 352 valence electrons. The number of carbonyl (C=O) groups excluding carboxylic acids is 3. The average molecular weight is 942 g/mol. The molecule has 0 saturated carbocycles. The van der Waals surface area contributed by atoms with Crippen LogP contribution in [0.1, 0.15) is 59.2 Å². The van der Waals surface area contributed by atoms with E-state index in [1.165, 1.54) is 28.8 Å². The molecular weight excluding hydrogens is 897 g/mol. The van der Waals surface area contributed by atoms with Crippen LogP contribution in [0.4, 0.5) is 14.9 Å². The van der Waals surface area contributed by atoms with E-state index >= 15 is 4.39 Å². The van der Waals surface area contributed by atoms with E-state index in [4.69, 9.17) is 50.7 Å². The molecule has 2 aromatic heterocycles. The van der Waals surface area contributed by atoms with Crippen LogP contribution in [0.3, 0.4) is 0 Å². The fourth-order valence-corrected chi connectivity index (χ4v) is 8.87. The molecule has 2 aromatic carbocycles. The summed E-state index contributed by atoms with van der Waals surface area (Å²) < 4.78 is 49.1. The lowest BCUT2D eigenvalue weighted by atomic mass is 9.83. The van der Waals surface area contributed by atoms with E-state index in [2.05, 4.69) is 10.6 Å². The van der Waals surface area contributed by atoms with Crippen molar-refractivity contribution in [2.45, 2.75) is 88.3 Å². The van der Waals surface area contributed by atoms with Crippen LogP contribution in [-0.4, -0.2) is 123 Å². The number of carboxylic acid groups (broad SMARTS) is 1. The molecule has 1 saturated heterocycles. The van der Waals surface area contributed by atoms with Gasteiger partial charge in [0.2, 0.25) is 12.2 Å². The third-order valence-corrected chi connectivity index (χ3v) is 12.4. The van der Waals surface area contributed by atoms with Crippen LogP contribution in [0.25, 0.3) is 22.3 Å². The van der Waals surface area contributed by atoms with Crippen molar-refractivity contribution in [2.24, 2.45) is 5.73 Å². The molecule has 5 heterocycles. The van der Waals surface area contributed by atoms with Crippen molar-refractivity contribution >= 4 is 52.1 Å². The van der Waals surface area contributed by atoms with Gasteiger partial charge in [-0.3, -0.25) is 9.59 Å². The van der Waals surface area contributed by atoms with Gasteiger partial charge in [0.1, 0.15) is 49.7 Å². The van der Waals surface area contributed by atoms with Gasteiger partial charge in [-0.25, -0.2) is 23.8 Å². The zero-order chi connectivity index (χ0) is 47.2. The molecule has 9 N–H and O–H groups in total. The number of aliphatic hydroxyl groups excluding tert-OH is 3. The molecule has 1 fully saturated rings. The molecule has 21 nitrogen and oxygen atoms in total. The SMILES string of the molecule is CC[C@@]1(O)C(=O)OCc2c1cc1n(c2=O)Cc2c-1nc1cc(F)c(Cl)c3c1c2[C@@H](NC(=O)OCc1ccc(O[C@@H]2O[C@H](C(=O)O)[C@@H](O)[C@H](O)[C@H]2O)c(NC(=O)COCCOCCN)c1)CC3. The Labute approximate surface area is 378 Å². The highest BCUT2D eigenvalue weighted by atomic mass is 35.5. The Balaban J connectivity index is 1.05. The maximum absolute atomic E-state index is 15.3. The first-order valence-corrected chi connectivity index (χ1v) is 21.2. The van der Waals surface area contributed by atoms with Gasteiger partial charge in [0.15, 0.2) is 11.7 Å². The number of halogens is 2. The van der Waals surface area contributed by atoms with Crippen molar-refractivity contribution in [1.29, 1.82) is 0 Å². The molecule has 3 aliphatic heterocycles. The highest BCUT2D eigenvalue weighted by molar-refractivity contribution is 6.32. The van der Waals surface area contributed by atoms with Gasteiger partial charge in [-0.05, 0) is 54.2 Å². The highest BCUT2D eigenvalue weighted by Gasteiger charge is 2.49. The molecular formula is C43H45ClFN5O16. The van der Waals surface area contributed by atoms with Crippen molar-refractivity contribution < 1.29 is 77.5 Å². The zero-order valence-corrected chi connectivity index (χ0v) is 35.8. The first kappa shape index (κ1) is 46.7. The van der Waals surface area contributed by atoms with Gasteiger partial charge in [-0.15, -0.1) is 0 Å². The monoisotopic (exact) mass is 941 g/mol. The number of aliphatic hydroxyl groups is 4. The minimum atomic E-state index is -2.09. The number of carboxylic acids is 1.